The number of carbonyl (C=O) groups is 2. The van der Waals surface area contributed by atoms with E-state index in [0.29, 0.717) is 12.5 Å². The van der Waals surface area contributed by atoms with E-state index < -0.39 is 5.91 Å². The molecular weight excluding hydrogens is 242 g/mol. The van der Waals surface area contributed by atoms with Gasteiger partial charge in [0.05, 0.1) is 6.21 Å². The maximum atomic E-state index is 11.4. The fraction of sp³-hybridized carbons (Fsp3) is 0.357. The molecule has 0 fully saturated rings. The summed E-state index contributed by atoms with van der Waals surface area (Å²) in [5.74, 6) is -0.349. The Morgan fingerprint density at radius 2 is 1.89 bits per heavy atom. The van der Waals surface area contributed by atoms with Crippen molar-refractivity contribution in [2.24, 2.45) is 11.0 Å². The average Bonchev–Trinajstić information content (AvgIpc) is 2.37. The van der Waals surface area contributed by atoms with Crippen molar-refractivity contribution in [1.82, 2.24) is 10.7 Å². The largest absolute Gasteiger partial charge is 0.355 e. The fourth-order valence-corrected chi connectivity index (χ4v) is 1.28. The second-order valence-electron chi connectivity index (χ2n) is 4.58. The summed E-state index contributed by atoms with van der Waals surface area (Å²) >= 11 is 0. The number of nitrogens with one attached hydrogen (secondary N) is 2. The van der Waals surface area contributed by atoms with Crippen LogP contribution in [0.25, 0.3) is 0 Å². The normalized spacial score (nSPS) is 10.7. The van der Waals surface area contributed by atoms with Gasteiger partial charge in [-0.05, 0) is 11.5 Å². The van der Waals surface area contributed by atoms with Gasteiger partial charge in [-0.2, -0.15) is 5.10 Å². The highest BCUT2D eigenvalue weighted by atomic mass is 16.2. The summed E-state index contributed by atoms with van der Waals surface area (Å²) < 4.78 is 0. The second kappa shape index (κ2) is 8.02. The third kappa shape index (κ3) is 6.98. The molecule has 102 valence electrons. The molecule has 0 aromatic heterocycles. The van der Waals surface area contributed by atoms with E-state index in [-0.39, 0.29) is 12.3 Å². The number of rotatable bonds is 6. The van der Waals surface area contributed by atoms with Crippen LogP contribution in [0.1, 0.15) is 25.8 Å². The Morgan fingerprint density at radius 1 is 1.21 bits per heavy atom. The summed E-state index contributed by atoms with van der Waals surface area (Å²) in [5, 5.41) is 6.45. The van der Waals surface area contributed by atoms with Crippen molar-refractivity contribution in [1.29, 1.82) is 0 Å². The van der Waals surface area contributed by atoms with Gasteiger partial charge in [0.1, 0.15) is 6.42 Å². The number of nitrogens with zero attached hydrogens (tertiary/aromatic N) is 1. The lowest BCUT2D eigenvalue weighted by Gasteiger charge is -2.06. The van der Waals surface area contributed by atoms with Gasteiger partial charge in [0, 0.05) is 6.54 Å². The first kappa shape index (κ1) is 14.9. The predicted octanol–water partition coefficient (Wildman–Crippen LogP) is 1.30. The lowest BCUT2D eigenvalue weighted by atomic mass is 10.2. The minimum Gasteiger partial charge on any atom is -0.355 e. The van der Waals surface area contributed by atoms with E-state index in [2.05, 4.69) is 15.8 Å². The Hall–Kier alpha value is -2.17. The molecular formula is C14H19N3O2. The number of amides is 2. The topological polar surface area (TPSA) is 70.6 Å². The molecule has 0 spiro atoms. The van der Waals surface area contributed by atoms with Gasteiger partial charge in [-0.15, -0.1) is 0 Å². The molecule has 1 aromatic rings. The highest BCUT2D eigenvalue weighted by molar-refractivity contribution is 5.97. The van der Waals surface area contributed by atoms with E-state index in [0.717, 1.165) is 5.56 Å². The van der Waals surface area contributed by atoms with Crippen LogP contribution in [-0.2, 0) is 9.59 Å². The maximum Gasteiger partial charge on any atom is 0.249 e. The molecule has 2 N–H and O–H groups in total. The summed E-state index contributed by atoms with van der Waals surface area (Å²) in [6.45, 7) is 4.55. The molecule has 0 aliphatic heterocycles. The number of hydrazone groups is 1. The maximum absolute atomic E-state index is 11.4. The minimum absolute atomic E-state index is 0.209. The van der Waals surface area contributed by atoms with Crippen LogP contribution in [0.3, 0.4) is 0 Å². The van der Waals surface area contributed by atoms with E-state index in [4.69, 9.17) is 0 Å². The first-order valence-corrected chi connectivity index (χ1v) is 6.21. The van der Waals surface area contributed by atoms with Crippen molar-refractivity contribution >= 4 is 18.0 Å². The summed E-state index contributed by atoms with van der Waals surface area (Å²) in [5.41, 5.74) is 3.20. The quantitative estimate of drug-likeness (QED) is 0.460. The summed E-state index contributed by atoms with van der Waals surface area (Å²) in [4.78, 5) is 22.8. The number of hydrogen-bond acceptors (Lipinski definition) is 3. The van der Waals surface area contributed by atoms with Gasteiger partial charge in [0.2, 0.25) is 11.8 Å². The molecule has 0 aliphatic carbocycles. The van der Waals surface area contributed by atoms with E-state index in [1.165, 1.54) is 6.21 Å². The zero-order chi connectivity index (χ0) is 14.1. The van der Waals surface area contributed by atoms with Crippen molar-refractivity contribution in [2.45, 2.75) is 20.3 Å². The van der Waals surface area contributed by atoms with Crippen LogP contribution in [-0.4, -0.2) is 24.6 Å². The van der Waals surface area contributed by atoms with E-state index in [9.17, 15) is 9.59 Å². The Bertz CT molecular complexity index is 441. The van der Waals surface area contributed by atoms with E-state index >= 15 is 0 Å². The molecule has 0 unspecified atom stereocenters. The average molecular weight is 261 g/mol. The predicted molar refractivity (Wildman–Crippen MR) is 74.6 cm³/mol. The van der Waals surface area contributed by atoms with Gasteiger partial charge in [-0.1, -0.05) is 44.2 Å². The highest BCUT2D eigenvalue weighted by Crippen LogP contribution is 1.93. The Morgan fingerprint density at radius 3 is 2.53 bits per heavy atom. The Balaban J connectivity index is 2.28. The van der Waals surface area contributed by atoms with Gasteiger partial charge in [-0.25, -0.2) is 5.43 Å². The summed E-state index contributed by atoms with van der Waals surface area (Å²) in [6, 6.07) is 9.38. The van der Waals surface area contributed by atoms with Crippen molar-refractivity contribution in [3.05, 3.63) is 35.9 Å². The zero-order valence-corrected chi connectivity index (χ0v) is 11.2. The smallest absolute Gasteiger partial charge is 0.249 e. The van der Waals surface area contributed by atoms with Gasteiger partial charge in [-0.3, -0.25) is 9.59 Å². The number of benzene rings is 1. The molecule has 0 saturated heterocycles. The molecule has 5 nitrogen and oxygen atoms in total. The lowest BCUT2D eigenvalue weighted by molar-refractivity contribution is -0.129. The molecule has 0 atom stereocenters. The first-order chi connectivity index (χ1) is 9.08. The standard InChI is InChI=1S/C14H19N3O2/c1-11(2)9-15-13(18)8-14(19)17-16-10-12-6-4-3-5-7-12/h3-7,10-11H,8-9H2,1-2H3,(H,15,18)(H,17,19)/b16-10+. The van der Waals surface area contributed by atoms with Crippen LogP contribution in [0.15, 0.2) is 35.4 Å². The molecule has 0 saturated carbocycles. The summed E-state index contributed by atoms with van der Waals surface area (Å²) in [6.07, 6.45) is 1.32. The fourth-order valence-electron chi connectivity index (χ4n) is 1.28. The number of carbonyl (C=O) groups excluding carboxylic acids is 2. The van der Waals surface area contributed by atoms with Gasteiger partial charge in [0.25, 0.3) is 0 Å². The Kier molecular flexibility index (Phi) is 6.29. The van der Waals surface area contributed by atoms with Crippen LogP contribution < -0.4 is 10.7 Å². The van der Waals surface area contributed by atoms with Crippen molar-refractivity contribution in [2.75, 3.05) is 6.54 Å². The first-order valence-electron chi connectivity index (χ1n) is 6.21. The van der Waals surface area contributed by atoms with Crippen molar-refractivity contribution in [3.63, 3.8) is 0 Å². The highest BCUT2D eigenvalue weighted by Gasteiger charge is 2.08. The summed E-state index contributed by atoms with van der Waals surface area (Å²) in [7, 11) is 0. The van der Waals surface area contributed by atoms with Crippen LogP contribution >= 0.6 is 0 Å². The van der Waals surface area contributed by atoms with Crippen LogP contribution in [0.2, 0.25) is 0 Å². The molecule has 0 heterocycles. The molecule has 0 aliphatic rings. The molecule has 5 heteroatoms. The minimum atomic E-state index is -0.423. The molecule has 0 bridgehead atoms. The van der Waals surface area contributed by atoms with Crippen LogP contribution in [0.4, 0.5) is 0 Å². The molecule has 1 rings (SSSR count). The monoisotopic (exact) mass is 261 g/mol. The van der Waals surface area contributed by atoms with Crippen molar-refractivity contribution in [3.8, 4) is 0 Å². The molecule has 0 radical (unpaired) electrons. The van der Waals surface area contributed by atoms with Crippen LogP contribution in [0, 0.1) is 5.92 Å². The lowest BCUT2D eigenvalue weighted by Crippen LogP contribution is -2.32. The third-order valence-corrected chi connectivity index (χ3v) is 2.23. The number of hydrogen-bond donors (Lipinski definition) is 2. The third-order valence-electron chi connectivity index (χ3n) is 2.23. The van der Waals surface area contributed by atoms with E-state index in [1.54, 1.807) is 0 Å². The van der Waals surface area contributed by atoms with Gasteiger partial charge >= 0.3 is 0 Å². The Labute approximate surface area is 113 Å². The SMILES string of the molecule is CC(C)CNC(=O)CC(=O)N/N=C/c1ccccc1. The van der Waals surface area contributed by atoms with E-state index in [1.807, 2.05) is 44.2 Å². The molecule has 19 heavy (non-hydrogen) atoms. The second-order valence-corrected chi connectivity index (χ2v) is 4.58. The van der Waals surface area contributed by atoms with Crippen molar-refractivity contribution < 1.29 is 9.59 Å². The zero-order valence-electron chi connectivity index (χ0n) is 11.2. The van der Waals surface area contributed by atoms with Crippen LogP contribution in [0.5, 0.6) is 0 Å². The van der Waals surface area contributed by atoms with Gasteiger partial charge < -0.3 is 5.32 Å². The molecule has 1 aromatic carbocycles. The van der Waals surface area contributed by atoms with Gasteiger partial charge in [0.15, 0.2) is 0 Å². The molecule has 2 amide bonds.